The minimum atomic E-state index is -1.96. The number of hydrogen-bond acceptors (Lipinski definition) is 7. The lowest BCUT2D eigenvalue weighted by Gasteiger charge is -2.31. The van der Waals surface area contributed by atoms with Crippen LogP contribution in [0.4, 0.5) is 4.39 Å². The summed E-state index contributed by atoms with van der Waals surface area (Å²) in [5, 5.41) is 15.2. The van der Waals surface area contributed by atoms with Gasteiger partial charge >= 0.3 is 5.97 Å². The van der Waals surface area contributed by atoms with Gasteiger partial charge in [-0.2, -0.15) is 0 Å². The van der Waals surface area contributed by atoms with E-state index in [0.29, 0.717) is 41.7 Å². The molecule has 2 aromatic carbocycles. The molecule has 1 amide bonds. The summed E-state index contributed by atoms with van der Waals surface area (Å²) < 4.78 is 21.9. The lowest BCUT2D eigenvalue weighted by molar-refractivity contribution is -0.172. The van der Waals surface area contributed by atoms with Crippen molar-refractivity contribution >= 4 is 22.8 Å². The number of pyridine rings is 2. The number of nitrogens with zero attached hydrogens (tertiary/aromatic N) is 2. The number of nitrogens with one attached hydrogen (secondary N) is 1. The number of hydrogen-bond donors (Lipinski definition) is 3. The summed E-state index contributed by atoms with van der Waals surface area (Å²) in [4.78, 5) is 44.6. The molecule has 0 bridgehead atoms. The monoisotopic (exact) mass is 582 g/mol. The van der Waals surface area contributed by atoms with Crippen LogP contribution in [-0.2, 0) is 45.9 Å². The zero-order valence-electron chi connectivity index (χ0n) is 23.9. The Hall–Kier alpha value is -4.41. The molecule has 220 valence electrons. The van der Waals surface area contributed by atoms with E-state index in [1.54, 1.807) is 24.5 Å². The molecule has 7 rings (SSSR count). The first-order chi connectivity index (χ1) is 20.6. The number of aryl methyl sites for hydroxylation is 1. The molecule has 0 saturated heterocycles. The molecule has 0 spiro atoms. The van der Waals surface area contributed by atoms with Crippen LogP contribution in [0.5, 0.6) is 0 Å². The van der Waals surface area contributed by atoms with Gasteiger partial charge in [0, 0.05) is 22.6 Å². The van der Waals surface area contributed by atoms with Crippen molar-refractivity contribution in [2.45, 2.75) is 70.4 Å². The predicted molar refractivity (Wildman–Crippen MR) is 157 cm³/mol. The Morgan fingerprint density at radius 1 is 1.23 bits per heavy atom. The van der Waals surface area contributed by atoms with Crippen LogP contribution in [-0.4, -0.2) is 32.6 Å². The van der Waals surface area contributed by atoms with Gasteiger partial charge in [-0.25, -0.2) is 14.2 Å². The molecular formula is C33H31FN4O5. The van der Waals surface area contributed by atoms with Gasteiger partial charge in [-0.1, -0.05) is 37.3 Å². The number of esters is 1. The zero-order valence-corrected chi connectivity index (χ0v) is 23.9. The number of aliphatic hydroxyl groups is 1. The molecular weight excluding hydrogens is 551 g/mol. The van der Waals surface area contributed by atoms with Crippen LogP contribution in [0.1, 0.15) is 64.8 Å². The van der Waals surface area contributed by atoms with Gasteiger partial charge in [-0.05, 0) is 60.9 Å². The smallest absolute Gasteiger partial charge is 0.343 e. The average molecular weight is 583 g/mol. The highest BCUT2D eigenvalue weighted by Crippen LogP contribution is 2.46. The van der Waals surface area contributed by atoms with Gasteiger partial charge in [0.2, 0.25) is 5.91 Å². The Morgan fingerprint density at radius 3 is 2.74 bits per heavy atom. The molecule has 4 heterocycles. The van der Waals surface area contributed by atoms with Crippen molar-refractivity contribution in [2.75, 3.05) is 0 Å². The maximum Gasteiger partial charge on any atom is 0.343 e. The highest BCUT2D eigenvalue weighted by atomic mass is 19.1. The molecule has 2 aromatic heterocycles. The molecule has 0 fully saturated rings. The summed E-state index contributed by atoms with van der Waals surface area (Å²) in [5.74, 6) is -1.48. The molecule has 4 N–H and O–H groups in total. The van der Waals surface area contributed by atoms with E-state index in [-0.39, 0.29) is 48.0 Å². The number of carbonyl (C=O) groups excluding carboxylic acids is 2. The average Bonchev–Trinajstić information content (AvgIpc) is 3.37. The summed E-state index contributed by atoms with van der Waals surface area (Å²) in [6.07, 6.45) is 1.46. The largest absolute Gasteiger partial charge is 0.458 e. The van der Waals surface area contributed by atoms with Gasteiger partial charge in [0.05, 0.1) is 41.1 Å². The lowest BCUT2D eigenvalue weighted by atomic mass is 9.81. The molecule has 2 aliphatic heterocycles. The van der Waals surface area contributed by atoms with E-state index in [1.807, 2.05) is 30.3 Å². The Kier molecular flexibility index (Phi) is 6.26. The minimum absolute atomic E-state index is 0.0240. The number of nitrogens with two attached hydrogens (primary N) is 1. The van der Waals surface area contributed by atoms with Crippen molar-refractivity contribution in [3.05, 3.63) is 97.6 Å². The number of cyclic esters (lactones) is 1. The number of amides is 1. The third-order valence-corrected chi connectivity index (χ3v) is 9.33. The van der Waals surface area contributed by atoms with Crippen molar-refractivity contribution < 1.29 is 23.8 Å². The fourth-order valence-electron chi connectivity index (χ4n) is 6.94. The number of rotatable bonds is 5. The van der Waals surface area contributed by atoms with Gasteiger partial charge < -0.3 is 25.5 Å². The summed E-state index contributed by atoms with van der Waals surface area (Å²) >= 11 is 0. The standard InChI is InChI=1S/C33H31FN4O5/c1-3-33(42)21-12-26-29-19(14-38(26)31(40)20(21)15-43-32(33)41)28-24(37-30(39)23(35)11-17-7-5-4-6-8-17)10-9-18-16(2)22(34)13-25(36-29)27(18)28/h4-8,12-13,23-24,42H,3,9-11,14-15,35H2,1-2H3,(H,37,39)/t23?,24-,33-/m0/s1. The van der Waals surface area contributed by atoms with Crippen LogP contribution in [0.15, 0.2) is 47.3 Å². The number of benzene rings is 2. The molecule has 9 nitrogen and oxygen atoms in total. The van der Waals surface area contributed by atoms with Crippen molar-refractivity contribution in [3.8, 4) is 11.4 Å². The molecule has 3 aliphatic rings. The van der Waals surface area contributed by atoms with E-state index in [0.717, 1.165) is 27.6 Å². The van der Waals surface area contributed by atoms with Crippen molar-refractivity contribution in [1.29, 1.82) is 0 Å². The molecule has 0 saturated carbocycles. The second kappa shape index (κ2) is 9.82. The second-order valence-corrected chi connectivity index (χ2v) is 11.7. The molecule has 0 radical (unpaired) electrons. The van der Waals surface area contributed by atoms with Crippen LogP contribution < -0.4 is 16.6 Å². The van der Waals surface area contributed by atoms with Crippen molar-refractivity contribution in [1.82, 2.24) is 14.9 Å². The summed E-state index contributed by atoms with van der Waals surface area (Å²) in [6, 6.07) is 11.4. The van der Waals surface area contributed by atoms with Gasteiger partial charge in [0.25, 0.3) is 5.56 Å². The number of fused-ring (bicyclic) bond motifs is 5. The Bertz CT molecular complexity index is 1920. The third kappa shape index (κ3) is 4.04. The van der Waals surface area contributed by atoms with E-state index < -0.39 is 23.7 Å². The highest BCUT2D eigenvalue weighted by Gasteiger charge is 2.46. The topological polar surface area (TPSA) is 137 Å². The normalized spacial score (nSPS) is 20.7. The van der Waals surface area contributed by atoms with Crippen LogP contribution in [0, 0.1) is 12.7 Å². The molecule has 4 aromatic rings. The minimum Gasteiger partial charge on any atom is -0.458 e. The lowest BCUT2D eigenvalue weighted by Crippen LogP contribution is -2.44. The van der Waals surface area contributed by atoms with Gasteiger partial charge in [0.15, 0.2) is 5.60 Å². The van der Waals surface area contributed by atoms with Crippen LogP contribution in [0.2, 0.25) is 0 Å². The highest BCUT2D eigenvalue weighted by molar-refractivity contribution is 5.94. The number of carbonyl (C=O) groups is 2. The quantitative estimate of drug-likeness (QED) is 0.271. The van der Waals surface area contributed by atoms with E-state index in [9.17, 15) is 19.5 Å². The van der Waals surface area contributed by atoms with E-state index in [2.05, 4.69) is 5.32 Å². The maximum atomic E-state index is 15.1. The molecule has 1 aliphatic carbocycles. The second-order valence-electron chi connectivity index (χ2n) is 11.7. The first-order valence-corrected chi connectivity index (χ1v) is 14.5. The Morgan fingerprint density at radius 2 is 2.00 bits per heavy atom. The molecule has 43 heavy (non-hydrogen) atoms. The van der Waals surface area contributed by atoms with Crippen LogP contribution >= 0.6 is 0 Å². The van der Waals surface area contributed by atoms with E-state index in [1.165, 1.54) is 6.07 Å². The van der Waals surface area contributed by atoms with E-state index >= 15 is 4.39 Å². The predicted octanol–water partition coefficient (Wildman–Crippen LogP) is 3.20. The molecule has 1 unspecified atom stereocenters. The summed E-state index contributed by atoms with van der Waals surface area (Å²) in [7, 11) is 0. The Balaban J connectivity index is 1.38. The SMILES string of the molecule is CC[C@@]1(O)C(=O)OCc2c1cc1n(c2=O)Cc2c-1nc1cc(F)c(C)c3c1c2[C@@H](NC(=O)C(N)Cc1ccccc1)CC3. The van der Waals surface area contributed by atoms with Crippen LogP contribution in [0.3, 0.4) is 0 Å². The van der Waals surface area contributed by atoms with Gasteiger partial charge in [0.1, 0.15) is 12.4 Å². The fourth-order valence-corrected chi connectivity index (χ4v) is 6.94. The maximum absolute atomic E-state index is 15.1. The first kappa shape index (κ1) is 27.4. The van der Waals surface area contributed by atoms with Gasteiger partial charge in [-0.15, -0.1) is 0 Å². The summed E-state index contributed by atoms with van der Waals surface area (Å²) in [6.45, 7) is 3.33. The number of halogens is 1. The third-order valence-electron chi connectivity index (χ3n) is 9.33. The van der Waals surface area contributed by atoms with Crippen molar-refractivity contribution in [3.63, 3.8) is 0 Å². The van der Waals surface area contributed by atoms with Crippen molar-refractivity contribution in [2.24, 2.45) is 5.73 Å². The molecule has 10 heteroatoms. The zero-order chi connectivity index (χ0) is 30.2. The molecule has 3 atom stereocenters. The van der Waals surface area contributed by atoms with Gasteiger partial charge in [-0.3, -0.25) is 9.59 Å². The van der Waals surface area contributed by atoms with E-state index in [4.69, 9.17) is 15.5 Å². The summed E-state index contributed by atoms with van der Waals surface area (Å²) in [5.41, 5.74) is 9.59. The first-order valence-electron chi connectivity index (χ1n) is 14.5. The van der Waals surface area contributed by atoms with Crippen LogP contribution in [0.25, 0.3) is 22.3 Å². The number of aromatic nitrogens is 2. The Labute approximate surface area is 246 Å². The number of ether oxygens (including phenoxy) is 1. The fraction of sp³-hybridized carbons (Fsp3) is 0.333.